The van der Waals surface area contributed by atoms with Crippen LogP contribution in [0.25, 0.3) is 0 Å². The molecule has 0 radical (unpaired) electrons. The molecule has 2 atom stereocenters. The molecule has 4 aliphatic heterocycles. The maximum Gasteiger partial charge on any atom is 0.310 e. The summed E-state index contributed by atoms with van der Waals surface area (Å²) < 4.78 is 25.8. The van der Waals surface area contributed by atoms with Crippen LogP contribution in [0.5, 0.6) is 23.0 Å². The van der Waals surface area contributed by atoms with Crippen LogP contribution < -0.4 is 40.6 Å². The van der Waals surface area contributed by atoms with E-state index in [9.17, 15) is 24.0 Å². The third-order valence-corrected chi connectivity index (χ3v) is 14.5. The number of amides is 1. The lowest BCUT2D eigenvalue weighted by atomic mass is 9.82. The summed E-state index contributed by atoms with van der Waals surface area (Å²) in [6.45, 7) is 14.4. The molecule has 4 aromatic carbocycles. The molecule has 14 heteroatoms. The fourth-order valence-electron chi connectivity index (χ4n) is 9.62. The normalized spacial score (nSPS) is 18.7. The molecule has 5 N–H and O–H groups in total. The fraction of sp³-hybridized carbons (Fsp3) is 0.473. The number of nitrogens with two attached hydrogens (primary N) is 1. The summed E-state index contributed by atoms with van der Waals surface area (Å²) in [4.78, 5) is 57.6. The number of carbonyl (C=O) groups excluding carboxylic acids is 5. The van der Waals surface area contributed by atoms with Crippen molar-refractivity contribution < 1.29 is 47.7 Å². The molecule has 0 saturated heterocycles. The van der Waals surface area contributed by atoms with Gasteiger partial charge in [0.2, 0.25) is 19.5 Å². The Morgan fingerprint density at radius 1 is 0.623 bits per heavy atom. The first-order chi connectivity index (χ1) is 32.3. The predicted molar refractivity (Wildman–Crippen MR) is 264 cm³/mol. The summed E-state index contributed by atoms with van der Waals surface area (Å²) in [7, 11) is 0. The van der Waals surface area contributed by atoms with Crippen molar-refractivity contribution in [2.75, 3.05) is 37.3 Å². The molecule has 2 aliphatic carbocycles. The second kappa shape index (κ2) is 19.9. The van der Waals surface area contributed by atoms with Crippen LogP contribution in [0.2, 0.25) is 0 Å². The number of ether oxygens (including phenoxy) is 5. The Balaban J connectivity index is 0.000000178. The van der Waals surface area contributed by atoms with E-state index in [4.69, 9.17) is 24.7 Å². The van der Waals surface area contributed by atoms with Gasteiger partial charge < -0.3 is 45.4 Å². The van der Waals surface area contributed by atoms with Crippen LogP contribution in [0.1, 0.15) is 115 Å². The van der Waals surface area contributed by atoms with Crippen LogP contribution in [-0.2, 0) is 65.2 Å². The van der Waals surface area contributed by atoms with Gasteiger partial charge in [0.05, 0.1) is 10.8 Å². The highest BCUT2D eigenvalue weighted by Gasteiger charge is 2.52. The summed E-state index contributed by atoms with van der Waals surface area (Å²) in [5, 5.41) is 10.2. The van der Waals surface area contributed by atoms with Crippen molar-refractivity contribution >= 4 is 40.8 Å². The second-order valence-corrected chi connectivity index (χ2v) is 20.5. The maximum absolute atomic E-state index is 13.3. The second-order valence-electron chi connectivity index (χ2n) is 20.5. The van der Waals surface area contributed by atoms with Crippen molar-refractivity contribution in [2.24, 2.45) is 16.6 Å². The lowest BCUT2D eigenvalue weighted by molar-refractivity contribution is -0.156. The van der Waals surface area contributed by atoms with Gasteiger partial charge in [0, 0.05) is 69.0 Å². The molecule has 69 heavy (non-hydrogen) atoms. The minimum atomic E-state index is -0.562. The minimum absolute atomic E-state index is 0. The highest BCUT2D eigenvalue weighted by Crippen LogP contribution is 2.53. The summed E-state index contributed by atoms with van der Waals surface area (Å²) in [5.74, 6) is 2.42. The molecule has 0 bridgehead atoms. The van der Waals surface area contributed by atoms with Crippen LogP contribution in [0.15, 0.2) is 72.8 Å². The minimum Gasteiger partial charge on any atom is -0.454 e. The Morgan fingerprint density at radius 3 is 1.42 bits per heavy atom. The number of hydrogen-bond donors (Lipinski definition) is 4. The van der Waals surface area contributed by atoms with Crippen LogP contribution >= 0.6 is 0 Å². The number of ketones is 2. The van der Waals surface area contributed by atoms with Gasteiger partial charge in [0.25, 0.3) is 0 Å². The molecule has 4 aromatic rings. The van der Waals surface area contributed by atoms with Gasteiger partial charge in [-0.15, -0.1) is 0 Å². The number of esters is 2. The van der Waals surface area contributed by atoms with Crippen LogP contribution in [0.4, 0.5) is 11.4 Å². The average molecular weight is 945 g/mol. The van der Waals surface area contributed by atoms with E-state index < -0.39 is 11.9 Å². The van der Waals surface area contributed by atoms with Crippen molar-refractivity contribution in [1.82, 2.24) is 5.32 Å². The van der Waals surface area contributed by atoms with Gasteiger partial charge in [-0.25, -0.2) is 0 Å². The SMILES string of the molecule is C.CC(=O)NCC(C)(C)C1Cc2cc(CC(=O)C3(c4ccc5c(c4)OCO5)CC3)ccc2N1.CC(=O)OC(C)=O.CC(C)(CN)C1Cc2cc(CC(=O)C3(c4ccc5c(c4)OCO5)CC3)ccc2N1. The van der Waals surface area contributed by atoms with Crippen molar-refractivity contribution in [3.8, 4) is 23.0 Å². The van der Waals surface area contributed by atoms with Crippen molar-refractivity contribution in [3.63, 3.8) is 0 Å². The molecular weight excluding hydrogens is 877 g/mol. The Morgan fingerprint density at radius 2 is 1.04 bits per heavy atom. The van der Waals surface area contributed by atoms with E-state index in [2.05, 4.69) is 84.8 Å². The number of Topliss-reactive ketones (excluding diaryl/α,β-unsaturated/α-hetero) is 2. The lowest BCUT2D eigenvalue weighted by Crippen LogP contribution is -2.43. The third-order valence-electron chi connectivity index (χ3n) is 14.5. The van der Waals surface area contributed by atoms with E-state index in [1.807, 2.05) is 36.4 Å². The Labute approximate surface area is 405 Å². The number of hydrogen-bond acceptors (Lipinski definition) is 13. The van der Waals surface area contributed by atoms with E-state index in [1.165, 1.54) is 30.7 Å². The molecule has 368 valence electrons. The third kappa shape index (κ3) is 11.1. The molecular formula is C55H68N4O10. The summed E-state index contributed by atoms with van der Waals surface area (Å²) >= 11 is 0. The quantitative estimate of drug-likeness (QED) is 0.0744. The Hall–Kier alpha value is -6.41. The number of rotatable bonds is 13. The van der Waals surface area contributed by atoms with Gasteiger partial charge in [-0.1, -0.05) is 71.5 Å². The largest absolute Gasteiger partial charge is 0.454 e. The standard InChI is InChI=1S/C26H30N2O4.C24H28N2O3.C4H6O3.CH4/c1-16(29)27-14-25(2,3)23-12-18-10-17(4-6-20(18)28-23)11-24(30)26(8-9-26)19-5-7-21-22(13-19)32-15-31-21;1-23(2,13-25)21-11-16-9-15(3-5-18(16)26-21)10-22(27)24(7-8-24)17-4-6-19-20(12-17)29-14-28-19;1-3(5)7-4(2)6;/h4-7,10,13,23,28H,8-9,11-12,14-15H2,1-3H3,(H,27,29);3-6,9,12,21,26H,7-8,10-11,13-14,25H2,1-2H3;1-2H3;1H4. The molecule has 14 nitrogen and oxygen atoms in total. The zero-order valence-corrected chi connectivity index (χ0v) is 40.2. The van der Waals surface area contributed by atoms with Crippen LogP contribution in [-0.4, -0.2) is 68.2 Å². The molecule has 2 fully saturated rings. The number of fused-ring (bicyclic) bond motifs is 4. The van der Waals surface area contributed by atoms with Gasteiger partial charge in [-0.05, 0) is 120 Å². The smallest absolute Gasteiger partial charge is 0.310 e. The molecule has 2 unspecified atom stereocenters. The fourth-order valence-corrected chi connectivity index (χ4v) is 9.62. The molecule has 0 aromatic heterocycles. The van der Waals surface area contributed by atoms with Crippen LogP contribution in [0, 0.1) is 10.8 Å². The van der Waals surface area contributed by atoms with Gasteiger partial charge in [-0.3, -0.25) is 24.0 Å². The molecule has 2 saturated carbocycles. The highest BCUT2D eigenvalue weighted by molar-refractivity contribution is 5.95. The van der Waals surface area contributed by atoms with E-state index in [1.54, 1.807) is 6.92 Å². The Bertz CT molecular complexity index is 2620. The number of nitrogens with one attached hydrogen (secondary N) is 3. The van der Waals surface area contributed by atoms with Crippen molar-refractivity contribution in [1.29, 1.82) is 0 Å². The molecule has 10 rings (SSSR count). The number of anilines is 2. The van der Waals surface area contributed by atoms with E-state index in [-0.39, 0.29) is 60.4 Å². The van der Waals surface area contributed by atoms with E-state index in [0.29, 0.717) is 37.8 Å². The Kier molecular flexibility index (Phi) is 14.6. The monoisotopic (exact) mass is 944 g/mol. The summed E-state index contributed by atoms with van der Waals surface area (Å²) in [5.41, 5.74) is 14.2. The van der Waals surface area contributed by atoms with Crippen molar-refractivity contribution in [3.05, 3.63) is 106 Å². The maximum atomic E-state index is 13.3. The number of carbonyl (C=O) groups is 5. The first-order valence-electron chi connectivity index (χ1n) is 23.6. The predicted octanol–water partition coefficient (Wildman–Crippen LogP) is 8.07. The highest BCUT2D eigenvalue weighted by atomic mass is 16.7. The summed E-state index contributed by atoms with van der Waals surface area (Å²) in [6.07, 6.45) is 6.32. The lowest BCUT2D eigenvalue weighted by Gasteiger charge is -2.32. The van der Waals surface area contributed by atoms with Gasteiger partial charge in [0.15, 0.2) is 23.0 Å². The summed E-state index contributed by atoms with van der Waals surface area (Å²) in [6, 6.07) is 25.1. The molecule has 1 amide bonds. The molecule has 4 heterocycles. The molecule has 0 spiro atoms. The topological polar surface area (TPSA) is 194 Å². The first kappa shape index (κ1) is 50.5. The zero-order chi connectivity index (χ0) is 48.6. The first-order valence-corrected chi connectivity index (χ1v) is 23.6. The zero-order valence-electron chi connectivity index (χ0n) is 40.2. The average Bonchev–Trinajstić information content (AvgIpc) is 3.99. The molecule has 6 aliphatic rings. The van der Waals surface area contributed by atoms with Gasteiger partial charge in [0.1, 0.15) is 11.6 Å². The van der Waals surface area contributed by atoms with Gasteiger partial charge >= 0.3 is 11.9 Å². The van der Waals surface area contributed by atoms with Gasteiger partial charge in [-0.2, -0.15) is 0 Å². The number of benzene rings is 4. The van der Waals surface area contributed by atoms with Crippen LogP contribution in [0.3, 0.4) is 0 Å². The van der Waals surface area contributed by atoms with E-state index >= 15 is 0 Å². The van der Waals surface area contributed by atoms with E-state index in [0.717, 1.165) is 89.5 Å². The van der Waals surface area contributed by atoms with Crippen molar-refractivity contribution in [2.45, 2.75) is 130 Å².